The molecule has 0 bridgehead atoms. The predicted octanol–water partition coefficient (Wildman–Crippen LogP) is 2.70. The van der Waals surface area contributed by atoms with Crippen molar-refractivity contribution in [1.82, 2.24) is 5.32 Å². The summed E-state index contributed by atoms with van der Waals surface area (Å²) in [5.74, 6) is -0.0723. The van der Waals surface area contributed by atoms with Crippen molar-refractivity contribution >= 4 is 11.9 Å². The Hall–Kier alpha value is -2.10. The molecule has 4 nitrogen and oxygen atoms in total. The van der Waals surface area contributed by atoms with Crippen LogP contribution in [0.1, 0.15) is 37.6 Å². The minimum absolute atomic E-state index is 0.137. The Bertz CT molecular complexity index is 475. The molecule has 0 heterocycles. The van der Waals surface area contributed by atoms with Crippen LogP contribution in [0.25, 0.3) is 0 Å². The number of carbonyl (C=O) groups excluding carboxylic acids is 2. The first-order valence-corrected chi connectivity index (χ1v) is 6.35. The Kier molecular flexibility index (Phi) is 5.79. The van der Waals surface area contributed by atoms with E-state index in [4.69, 9.17) is 4.74 Å². The zero-order valence-corrected chi connectivity index (χ0v) is 11.5. The summed E-state index contributed by atoms with van der Waals surface area (Å²) in [6.45, 7) is 6.11. The molecule has 0 saturated carbocycles. The van der Waals surface area contributed by atoms with Crippen LogP contribution in [-0.4, -0.2) is 18.4 Å². The van der Waals surface area contributed by atoms with Gasteiger partial charge in [0, 0.05) is 17.7 Å². The molecule has 1 aromatic carbocycles. The zero-order valence-electron chi connectivity index (χ0n) is 11.5. The molecule has 1 N–H and O–H groups in total. The van der Waals surface area contributed by atoms with Gasteiger partial charge in [-0.1, -0.05) is 13.0 Å². The van der Waals surface area contributed by atoms with Crippen LogP contribution in [0.4, 0.5) is 0 Å². The highest BCUT2D eigenvalue weighted by atomic mass is 16.5. The van der Waals surface area contributed by atoms with Crippen LogP contribution in [0.2, 0.25) is 0 Å². The number of rotatable bonds is 5. The van der Waals surface area contributed by atoms with Crippen LogP contribution in [0.5, 0.6) is 5.75 Å². The molecule has 0 atom stereocenters. The van der Waals surface area contributed by atoms with E-state index in [0.717, 1.165) is 6.42 Å². The average molecular weight is 261 g/mol. The summed E-state index contributed by atoms with van der Waals surface area (Å²) in [4.78, 5) is 23.2. The number of allylic oxidation sites excluding steroid dienone is 1. The second-order valence-electron chi connectivity index (χ2n) is 4.07. The number of amides is 1. The van der Waals surface area contributed by atoms with E-state index in [-0.39, 0.29) is 11.9 Å². The predicted molar refractivity (Wildman–Crippen MR) is 74.1 cm³/mol. The van der Waals surface area contributed by atoms with Gasteiger partial charge in [0.25, 0.3) is 5.91 Å². The third-order valence-corrected chi connectivity index (χ3v) is 2.50. The van der Waals surface area contributed by atoms with E-state index in [2.05, 4.69) is 5.32 Å². The first-order valence-electron chi connectivity index (χ1n) is 6.35. The van der Waals surface area contributed by atoms with Gasteiger partial charge >= 0.3 is 5.97 Å². The molecule has 0 spiro atoms. The van der Waals surface area contributed by atoms with Crippen molar-refractivity contribution in [2.24, 2.45) is 0 Å². The molecule has 1 amide bonds. The van der Waals surface area contributed by atoms with Crippen LogP contribution in [0.3, 0.4) is 0 Å². The summed E-state index contributed by atoms with van der Waals surface area (Å²) < 4.78 is 5.18. The highest BCUT2D eigenvalue weighted by Gasteiger charge is 2.08. The number of hydrogen-bond acceptors (Lipinski definition) is 3. The van der Waals surface area contributed by atoms with Gasteiger partial charge in [-0.15, -0.1) is 0 Å². The van der Waals surface area contributed by atoms with Crippen LogP contribution in [-0.2, 0) is 4.79 Å². The molecular formula is C15H19NO3. The zero-order chi connectivity index (χ0) is 14.3. The minimum Gasteiger partial charge on any atom is -0.423 e. The number of carbonyl (C=O) groups is 2. The Morgan fingerprint density at radius 1 is 1.21 bits per heavy atom. The fourth-order valence-corrected chi connectivity index (χ4v) is 1.51. The van der Waals surface area contributed by atoms with Crippen molar-refractivity contribution in [3.8, 4) is 5.75 Å². The minimum atomic E-state index is -0.368. The fraction of sp³-hybridized carbons (Fsp3) is 0.333. The molecule has 0 unspecified atom stereocenters. The Morgan fingerprint density at radius 2 is 1.84 bits per heavy atom. The summed E-state index contributed by atoms with van der Waals surface area (Å²) in [6, 6.07) is 6.49. The second-order valence-corrected chi connectivity index (χ2v) is 4.07. The first-order chi connectivity index (χ1) is 9.08. The maximum absolute atomic E-state index is 11.7. The number of hydrogen-bond donors (Lipinski definition) is 1. The SMILES string of the molecule is CCC=C(C)C(=O)Oc1ccc(C(=O)NCC)cc1. The van der Waals surface area contributed by atoms with E-state index in [1.165, 1.54) is 0 Å². The van der Waals surface area contributed by atoms with Gasteiger partial charge in [0.1, 0.15) is 5.75 Å². The van der Waals surface area contributed by atoms with Gasteiger partial charge in [-0.2, -0.15) is 0 Å². The van der Waals surface area contributed by atoms with Crippen LogP contribution in [0.15, 0.2) is 35.9 Å². The van der Waals surface area contributed by atoms with Gasteiger partial charge < -0.3 is 10.1 Å². The maximum Gasteiger partial charge on any atom is 0.338 e. The summed E-state index contributed by atoms with van der Waals surface area (Å²) in [5.41, 5.74) is 1.12. The molecule has 0 aliphatic rings. The van der Waals surface area contributed by atoms with Crippen molar-refractivity contribution < 1.29 is 14.3 Å². The van der Waals surface area contributed by atoms with Crippen molar-refractivity contribution in [2.45, 2.75) is 27.2 Å². The first kappa shape index (κ1) is 15.0. The molecule has 0 saturated heterocycles. The number of ether oxygens (including phenoxy) is 1. The standard InChI is InChI=1S/C15H19NO3/c1-4-6-11(3)15(18)19-13-9-7-12(8-10-13)14(17)16-5-2/h6-10H,4-5H2,1-3H3,(H,16,17). The molecule has 0 aromatic heterocycles. The lowest BCUT2D eigenvalue weighted by Gasteiger charge is -2.06. The summed E-state index contributed by atoms with van der Waals surface area (Å²) in [6.07, 6.45) is 2.60. The van der Waals surface area contributed by atoms with Crippen molar-refractivity contribution in [2.75, 3.05) is 6.54 Å². The molecule has 19 heavy (non-hydrogen) atoms. The van der Waals surface area contributed by atoms with Gasteiger partial charge in [-0.3, -0.25) is 4.79 Å². The number of nitrogens with one attached hydrogen (secondary N) is 1. The largest absolute Gasteiger partial charge is 0.423 e. The highest BCUT2D eigenvalue weighted by molar-refractivity contribution is 5.94. The number of benzene rings is 1. The molecule has 4 heteroatoms. The molecule has 1 rings (SSSR count). The van der Waals surface area contributed by atoms with E-state index < -0.39 is 0 Å². The molecule has 1 aromatic rings. The van der Waals surface area contributed by atoms with Crippen LogP contribution < -0.4 is 10.1 Å². The normalized spacial score (nSPS) is 11.0. The Balaban J connectivity index is 2.70. The van der Waals surface area contributed by atoms with E-state index in [1.807, 2.05) is 19.9 Å². The van der Waals surface area contributed by atoms with Gasteiger partial charge in [-0.25, -0.2) is 4.79 Å². The maximum atomic E-state index is 11.7. The Labute approximate surface area is 113 Å². The third kappa shape index (κ3) is 4.58. The summed E-state index contributed by atoms with van der Waals surface area (Å²) >= 11 is 0. The Morgan fingerprint density at radius 3 is 2.37 bits per heavy atom. The summed E-state index contributed by atoms with van der Waals surface area (Å²) in [5, 5.41) is 2.70. The van der Waals surface area contributed by atoms with Crippen molar-refractivity contribution in [3.63, 3.8) is 0 Å². The van der Waals surface area contributed by atoms with E-state index in [9.17, 15) is 9.59 Å². The molecule has 102 valence electrons. The van der Waals surface area contributed by atoms with Gasteiger partial charge in [-0.05, 0) is 44.5 Å². The third-order valence-electron chi connectivity index (χ3n) is 2.50. The second kappa shape index (κ2) is 7.36. The summed E-state index contributed by atoms with van der Waals surface area (Å²) in [7, 11) is 0. The quantitative estimate of drug-likeness (QED) is 0.503. The smallest absolute Gasteiger partial charge is 0.338 e. The van der Waals surface area contributed by atoms with Crippen LogP contribution >= 0.6 is 0 Å². The lowest BCUT2D eigenvalue weighted by molar-refractivity contribution is -0.130. The van der Waals surface area contributed by atoms with Crippen LogP contribution in [0, 0.1) is 0 Å². The van der Waals surface area contributed by atoms with Gasteiger partial charge in [0.05, 0.1) is 0 Å². The molecule has 0 aliphatic carbocycles. The lowest BCUT2D eigenvalue weighted by Crippen LogP contribution is -2.22. The van der Waals surface area contributed by atoms with Gasteiger partial charge in [0.2, 0.25) is 0 Å². The molecule has 0 fully saturated rings. The van der Waals surface area contributed by atoms with Crippen molar-refractivity contribution in [3.05, 3.63) is 41.5 Å². The number of esters is 1. The molecule has 0 aliphatic heterocycles. The fourth-order valence-electron chi connectivity index (χ4n) is 1.51. The average Bonchev–Trinajstić information content (AvgIpc) is 2.40. The molecule has 0 radical (unpaired) electrons. The highest BCUT2D eigenvalue weighted by Crippen LogP contribution is 2.14. The van der Waals surface area contributed by atoms with Gasteiger partial charge in [0.15, 0.2) is 0 Å². The monoisotopic (exact) mass is 261 g/mol. The van der Waals surface area contributed by atoms with E-state index in [1.54, 1.807) is 31.2 Å². The van der Waals surface area contributed by atoms with E-state index >= 15 is 0 Å². The lowest BCUT2D eigenvalue weighted by atomic mass is 10.2. The topological polar surface area (TPSA) is 55.4 Å². The van der Waals surface area contributed by atoms with Crippen molar-refractivity contribution in [1.29, 1.82) is 0 Å². The molecular weight excluding hydrogens is 242 g/mol. The van der Waals surface area contributed by atoms with E-state index in [0.29, 0.717) is 23.4 Å².